The van der Waals surface area contributed by atoms with Crippen LogP contribution in [-0.2, 0) is 4.79 Å². The molecule has 0 atom stereocenters. The van der Waals surface area contributed by atoms with Crippen molar-refractivity contribution >= 4 is 46.4 Å². The molecule has 2 aromatic rings. The second-order valence-electron chi connectivity index (χ2n) is 4.44. The normalized spacial score (nSPS) is 10.6. The van der Waals surface area contributed by atoms with Gasteiger partial charge >= 0.3 is 6.61 Å². The topological polar surface area (TPSA) is 47.6 Å². The zero-order valence-corrected chi connectivity index (χ0v) is 14.1. The lowest BCUT2D eigenvalue weighted by atomic mass is 10.3. The largest absolute Gasteiger partial charge is 0.482 e. The van der Waals surface area contributed by atoms with Crippen LogP contribution in [0.4, 0.5) is 14.5 Å². The van der Waals surface area contributed by atoms with Gasteiger partial charge in [-0.05, 0) is 36.4 Å². The van der Waals surface area contributed by atoms with Gasteiger partial charge in [0.15, 0.2) is 6.61 Å². The van der Waals surface area contributed by atoms with Crippen molar-refractivity contribution in [2.45, 2.75) is 6.61 Å². The van der Waals surface area contributed by atoms with Gasteiger partial charge < -0.3 is 14.8 Å². The molecule has 0 aromatic heterocycles. The van der Waals surface area contributed by atoms with Crippen molar-refractivity contribution in [1.82, 2.24) is 0 Å². The molecule has 0 spiro atoms. The van der Waals surface area contributed by atoms with Crippen LogP contribution in [0.2, 0.25) is 15.1 Å². The van der Waals surface area contributed by atoms with Gasteiger partial charge in [-0.15, -0.1) is 0 Å². The smallest absolute Gasteiger partial charge is 0.387 e. The van der Waals surface area contributed by atoms with E-state index in [-0.39, 0.29) is 22.4 Å². The van der Waals surface area contributed by atoms with Crippen molar-refractivity contribution in [3.63, 3.8) is 0 Å². The van der Waals surface area contributed by atoms with Gasteiger partial charge in [0.2, 0.25) is 0 Å². The summed E-state index contributed by atoms with van der Waals surface area (Å²) in [5.74, 6) is -0.372. The predicted octanol–water partition coefficient (Wildman–Crippen LogP) is 5.27. The molecule has 0 heterocycles. The van der Waals surface area contributed by atoms with Crippen LogP contribution in [0.25, 0.3) is 0 Å². The third kappa shape index (κ3) is 5.40. The Balaban J connectivity index is 1.93. The number of alkyl halides is 2. The summed E-state index contributed by atoms with van der Waals surface area (Å²) in [6.07, 6.45) is 0. The average molecular weight is 397 g/mol. The van der Waals surface area contributed by atoms with Crippen molar-refractivity contribution < 1.29 is 23.0 Å². The summed E-state index contributed by atoms with van der Waals surface area (Å²) >= 11 is 17.5. The molecule has 0 aliphatic heterocycles. The summed E-state index contributed by atoms with van der Waals surface area (Å²) in [5, 5.41) is 3.16. The first kappa shape index (κ1) is 18.6. The molecular weight excluding hydrogens is 387 g/mol. The molecule has 2 aromatic carbocycles. The molecule has 4 nitrogen and oxygen atoms in total. The van der Waals surface area contributed by atoms with Crippen LogP contribution >= 0.6 is 34.8 Å². The maximum Gasteiger partial charge on any atom is 0.387 e. The quantitative estimate of drug-likeness (QED) is 0.724. The van der Waals surface area contributed by atoms with Gasteiger partial charge in [0.05, 0.1) is 10.0 Å². The lowest BCUT2D eigenvalue weighted by molar-refractivity contribution is -0.118. The summed E-state index contributed by atoms with van der Waals surface area (Å²) < 4.78 is 33.8. The van der Waals surface area contributed by atoms with Gasteiger partial charge in [-0.2, -0.15) is 8.78 Å². The lowest BCUT2D eigenvalue weighted by Gasteiger charge is -2.11. The SMILES string of the molecule is O=C(COc1ccc(Cl)cc1Cl)Nc1ccc(OC(F)F)c(Cl)c1. The number of rotatable bonds is 6. The molecule has 0 radical (unpaired) electrons. The van der Waals surface area contributed by atoms with Crippen LogP contribution in [0, 0.1) is 0 Å². The predicted molar refractivity (Wildman–Crippen MR) is 88.7 cm³/mol. The summed E-state index contributed by atoms with van der Waals surface area (Å²) in [7, 11) is 0. The highest BCUT2D eigenvalue weighted by molar-refractivity contribution is 6.35. The summed E-state index contributed by atoms with van der Waals surface area (Å²) in [6.45, 7) is -3.30. The van der Waals surface area contributed by atoms with E-state index >= 15 is 0 Å². The Bertz CT molecular complexity index is 744. The van der Waals surface area contributed by atoms with Gasteiger partial charge in [-0.25, -0.2) is 0 Å². The molecule has 0 aliphatic carbocycles. The number of amides is 1. The van der Waals surface area contributed by atoms with E-state index in [0.29, 0.717) is 16.5 Å². The highest BCUT2D eigenvalue weighted by Crippen LogP contribution is 2.29. The number of benzene rings is 2. The van der Waals surface area contributed by atoms with Crippen molar-refractivity contribution in [3.8, 4) is 11.5 Å². The van der Waals surface area contributed by atoms with E-state index < -0.39 is 12.5 Å². The maximum absolute atomic E-state index is 12.1. The third-order valence-corrected chi connectivity index (χ3v) is 3.51. The molecule has 0 saturated carbocycles. The Morgan fingerprint density at radius 1 is 1.04 bits per heavy atom. The number of ether oxygens (including phenoxy) is 2. The van der Waals surface area contributed by atoms with Crippen LogP contribution in [0.15, 0.2) is 36.4 Å². The van der Waals surface area contributed by atoms with E-state index in [1.54, 1.807) is 6.07 Å². The fourth-order valence-corrected chi connectivity index (χ4v) is 2.39. The van der Waals surface area contributed by atoms with Crippen LogP contribution in [0.1, 0.15) is 0 Å². The van der Waals surface area contributed by atoms with Crippen LogP contribution in [0.5, 0.6) is 11.5 Å². The summed E-state index contributed by atoms with van der Waals surface area (Å²) in [6, 6.07) is 8.47. The number of anilines is 1. The van der Waals surface area contributed by atoms with E-state index in [1.807, 2.05) is 0 Å². The van der Waals surface area contributed by atoms with Gasteiger partial charge in [0.25, 0.3) is 5.91 Å². The number of hydrogen-bond acceptors (Lipinski definition) is 3. The van der Waals surface area contributed by atoms with Gasteiger partial charge in [-0.3, -0.25) is 4.79 Å². The molecule has 1 amide bonds. The summed E-state index contributed by atoms with van der Waals surface area (Å²) in [4.78, 5) is 11.8. The second-order valence-corrected chi connectivity index (χ2v) is 5.69. The molecule has 128 valence electrons. The molecule has 0 saturated heterocycles. The first-order valence-corrected chi connectivity index (χ1v) is 7.60. The molecule has 9 heteroatoms. The lowest BCUT2D eigenvalue weighted by Crippen LogP contribution is -2.20. The van der Waals surface area contributed by atoms with E-state index in [9.17, 15) is 13.6 Å². The number of halogens is 5. The van der Waals surface area contributed by atoms with Gasteiger partial charge in [0, 0.05) is 10.7 Å². The number of carbonyl (C=O) groups excluding carboxylic acids is 1. The molecule has 1 N–H and O–H groups in total. The molecule has 0 fully saturated rings. The molecule has 24 heavy (non-hydrogen) atoms. The van der Waals surface area contributed by atoms with E-state index in [1.165, 1.54) is 30.3 Å². The summed E-state index contributed by atoms with van der Waals surface area (Å²) in [5.41, 5.74) is 0.303. The molecule has 0 aliphatic rings. The van der Waals surface area contributed by atoms with E-state index in [4.69, 9.17) is 39.5 Å². The maximum atomic E-state index is 12.1. The minimum atomic E-state index is -2.99. The Morgan fingerprint density at radius 2 is 1.71 bits per heavy atom. The zero-order chi connectivity index (χ0) is 17.7. The fraction of sp³-hybridized carbons (Fsp3) is 0.133. The van der Waals surface area contributed by atoms with Crippen molar-refractivity contribution in [2.24, 2.45) is 0 Å². The van der Waals surface area contributed by atoms with Crippen molar-refractivity contribution in [3.05, 3.63) is 51.5 Å². The van der Waals surface area contributed by atoms with E-state index in [2.05, 4.69) is 10.1 Å². The van der Waals surface area contributed by atoms with Gasteiger partial charge in [-0.1, -0.05) is 34.8 Å². The van der Waals surface area contributed by atoms with E-state index in [0.717, 1.165) is 0 Å². The number of carbonyl (C=O) groups is 1. The first-order valence-electron chi connectivity index (χ1n) is 6.47. The number of hydrogen-bond donors (Lipinski definition) is 1. The Kier molecular flexibility index (Phi) is 6.48. The Hall–Kier alpha value is -1.76. The molecule has 0 bridgehead atoms. The van der Waals surface area contributed by atoms with Crippen molar-refractivity contribution in [1.29, 1.82) is 0 Å². The molecule has 0 unspecified atom stereocenters. The molecular formula is C15H10Cl3F2NO3. The Morgan fingerprint density at radius 3 is 2.33 bits per heavy atom. The minimum absolute atomic E-state index is 0.0604. The molecule has 2 rings (SSSR count). The van der Waals surface area contributed by atoms with Crippen LogP contribution in [-0.4, -0.2) is 19.1 Å². The van der Waals surface area contributed by atoms with Crippen LogP contribution < -0.4 is 14.8 Å². The minimum Gasteiger partial charge on any atom is -0.482 e. The fourth-order valence-electron chi connectivity index (χ4n) is 1.70. The second kappa shape index (κ2) is 8.37. The third-order valence-electron chi connectivity index (χ3n) is 2.68. The first-order chi connectivity index (χ1) is 11.3. The monoisotopic (exact) mass is 395 g/mol. The van der Waals surface area contributed by atoms with Gasteiger partial charge in [0.1, 0.15) is 11.5 Å². The highest BCUT2D eigenvalue weighted by atomic mass is 35.5. The Labute approximate surface area is 151 Å². The number of nitrogens with one attached hydrogen (secondary N) is 1. The van der Waals surface area contributed by atoms with Crippen LogP contribution in [0.3, 0.4) is 0 Å². The standard InChI is InChI=1S/C15H10Cl3F2NO3/c16-8-1-3-12(10(17)5-8)23-7-14(22)21-9-2-4-13(11(18)6-9)24-15(19)20/h1-6,15H,7H2,(H,21,22). The highest BCUT2D eigenvalue weighted by Gasteiger charge is 2.11. The average Bonchev–Trinajstić information content (AvgIpc) is 2.49. The zero-order valence-electron chi connectivity index (χ0n) is 11.9. The van der Waals surface area contributed by atoms with Crippen molar-refractivity contribution in [2.75, 3.05) is 11.9 Å².